The lowest BCUT2D eigenvalue weighted by Gasteiger charge is -2.19. The Morgan fingerprint density at radius 3 is 1.85 bits per heavy atom. The van der Waals surface area contributed by atoms with Crippen LogP contribution in [-0.2, 0) is 6.11 Å². The van der Waals surface area contributed by atoms with E-state index in [2.05, 4.69) is 4.74 Å². The average Bonchev–Trinajstić information content (AvgIpc) is 2.76. The third-order valence-corrected chi connectivity index (χ3v) is 5.08. The zero-order valence-corrected chi connectivity index (χ0v) is 17.2. The van der Waals surface area contributed by atoms with E-state index < -0.39 is 40.7 Å². The molecule has 0 saturated carbocycles. The molecule has 0 aromatic heterocycles. The number of hydrogen-bond donors (Lipinski definition) is 0. The Balaban J connectivity index is 1.61. The van der Waals surface area contributed by atoms with E-state index >= 15 is 0 Å². The summed E-state index contributed by atoms with van der Waals surface area (Å²) in [6.45, 7) is 1.93. The second kappa shape index (κ2) is 8.65. The Labute approximate surface area is 185 Å². The third kappa shape index (κ3) is 4.72. The van der Waals surface area contributed by atoms with Crippen molar-refractivity contribution >= 4 is 0 Å². The fourth-order valence-corrected chi connectivity index (χ4v) is 3.34. The van der Waals surface area contributed by atoms with E-state index in [4.69, 9.17) is 0 Å². The molecule has 0 saturated heterocycles. The highest BCUT2D eigenvalue weighted by atomic mass is 19.3. The molecule has 4 aromatic rings. The molecule has 0 radical (unpaired) electrons. The molecule has 33 heavy (non-hydrogen) atoms. The summed E-state index contributed by atoms with van der Waals surface area (Å²) in [6.07, 6.45) is -4.18. The van der Waals surface area contributed by atoms with Gasteiger partial charge in [0.2, 0.25) is 0 Å². The molecule has 0 unspecified atom stereocenters. The molecular formula is C26H16F6O. The molecule has 4 rings (SSSR count). The maximum absolute atomic E-state index is 14.8. The van der Waals surface area contributed by atoms with Crippen molar-refractivity contribution in [3.63, 3.8) is 0 Å². The zero-order chi connectivity index (χ0) is 23.8. The van der Waals surface area contributed by atoms with Gasteiger partial charge in [0.25, 0.3) is 0 Å². The predicted molar refractivity (Wildman–Crippen MR) is 113 cm³/mol. The van der Waals surface area contributed by atoms with Gasteiger partial charge in [-0.3, -0.25) is 0 Å². The van der Waals surface area contributed by atoms with E-state index in [1.807, 2.05) is 31.2 Å². The minimum atomic E-state index is -4.18. The quantitative estimate of drug-likeness (QED) is 0.275. The van der Waals surface area contributed by atoms with Crippen LogP contribution in [0, 0.1) is 30.2 Å². The van der Waals surface area contributed by atoms with Crippen molar-refractivity contribution in [1.29, 1.82) is 0 Å². The van der Waals surface area contributed by atoms with Gasteiger partial charge in [-0.1, -0.05) is 48.0 Å². The van der Waals surface area contributed by atoms with Gasteiger partial charge in [0.15, 0.2) is 11.6 Å². The van der Waals surface area contributed by atoms with Crippen LogP contribution in [0.5, 0.6) is 5.75 Å². The summed E-state index contributed by atoms with van der Waals surface area (Å²) in [6, 6.07) is 16.3. The smallest absolute Gasteiger partial charge is 0.429 e. The van der Waals surface area contributed by atoms with E-state index in [0.29, 0.717) is 17.7 Å². The van der Waals surface area contributed by atoms with Crippen molar-refractivity contribution < 1.29 is 31.1 Å². The van der Waals surface area contributed by atoms with Crippen LogP contribution in [0.15, 0.2) is 78.9 Å². The molecule has 0 spiro atoms. The summed E-state index contributed by atoms with van der Waals surface area (Å²) in [5.74, 6) is -5.30. The number of ether oxygens (including phenoxy) is 1. The monoisotopic (exact) mass is 458 g/mol. The van der Waals surface area contributed by atoms with Crippen LogP contribution in [-0.4, -0.2) is 0 Å². The number of alkyl halides is 2. The van der Waals surface area contributed by atoms with Crippen LogP contribution < -0.4 is 4.74 Å². The Morgan fingerprint density at radius 2 is 1.21 bits per heavy atom. The first kappa shape index (κ1) is 22.5. The van der Waals surface area contributed by atoms with Crippen molar-refractivity contribution in [2.45, 2.75) is 13.0 Å². The fraction of sp³-hybridized carbons (Fsp3) is 0.0769. The van der Waals surface area contributed by atoms with Crippen LogP contribution in [0.25, 0.3) is 22.3 Å². The topological polar surface area (TPSA) is 9.23 Å². The van der Waals surface area contributed by atoms with E-state index in [1.165, 1.54) is 12.1 Å². The maximum Gasteiger partial charge on any atom is 0.429 e. The summed E-state index contributed by atoms with van der Waals surface area (Å²) in [5.41, 5.74) is 1.40. The van der Waals surface area contributed by atoms with Gasteiger partial charge < -0.3 is 4.74 Å². The number of rotatable bonds is 5. The normalized spacial score (nSPS) is 11.5. The molecule has 0 amide bonds. The van der Waals surface area contributed by atoms with Gasteiger partial charge in [0, 0.05) is 11.6 Å². The molecule has 4 aromatic carbocycles. The first-order valence-electron chi connectivity index (χ1n) is 9.83. The van der Waals surface area contributed by atoms with Gasteiger partial charge in [-0.05, 0) is 53.9 Å². The molecule has 168 valence electrons. The van der Waals surface area contributed by atoms with Crippen molar-refractivity contribution in [2.24, 2.45) is 0 Å². The lowest BCUT2D eigenvalue weighted by Crippen LogP contribution is -2.23. The summed E-state index contributed by atoms with van der Waals surface area (Å²) < 4.78 is 88.9. The predicted octanol–water partition coefficient (Wildman–Crippen LogP) is 8.01. The van der Waals surface area contributed by atoms with Crippen LogP contribution in [0.3, 0.4) is 0 Å². The van der Waals surface area contributed by atoms with Gasteiger partial charge in [-0.2, -0.15) is 8.78 Å². The molecule has 0 aliphatic carbocycles. The molecule has 0 N–H and O–H groups in total. The van der Waals surface area contributed by atoms with Gasteiger partial charge in [-0.15, -0.1) is 0 Å². The summed E-state index contributed by atoms with van der Waals surface area (Å²) >= 11 is 0. The lowest BCUT2D eigenvalue weighted by atomic mass is 9.98. The number of hydrogen-bond acceptors (Lipinski definition) is 1. The second-order valence-electron chi connectivity index (χ2n) is 7.45. The van der Waals surface area contributed by atoms with Crippen LogP contribution in [0.1, 0.15) is 11.1 Å². The van der Waals surface area contributed by atoms with Crippen LogP contribution >= 0.6 is 0 Å². The van der Waals surface area contributed by atoms with Gasteiger partial charge in [0.1, 0.15) is 17.4 Å². The molecule has 7 heteroatoms. The first-order valence-corrected chi connectivity index (χ1v) is 9.83. The highest BCUT2D eigenvalue weighted by Crippen LogP contribution is 2.36. The SMILES string of the molecule is Cc1ccc(-c2ccc(-c3ccc(C(F)(F)Oc4ccc(F)c(F)c4)c(F)c3)c(F)c2)cc1. The largest absolute Gasteiger partial charge is 0.429 e. The molecule has 0 fully saturated rings. The maximum atomic E-state index is 14.8. The van der Waals surface area contributed by atoms with Crippen molar-refractivity contribution in [3.05, 3.63) is 113 Å². The van der Waals surface area contributed by atoms with Gasteiger partial charge in [-0.25, -0.2) is 17.6 Å². The minimum absolute atomic E-state index is 0.0288. The minimum Gasteiger partial charge on any atom is -0.429 e. The number of benzene rings is 4. The van der Waals surface area contributed by atoms with Crippen molar-refractivity contribution in [3.8, 4) is 28.0 Å². The van der Waals surface area contributed by atoms with Crippen molar-refractivity contribution in [1.82, 2.24) is 0 Å². The fourth-order valence-electron chi connectivity index (χ4n) is 3.34. The lowest BCUT2D eigenvalue weighted by molar-refractivity contribution is -0.187. The number of halogens is 6. The Bertz CT molecular complexity index is 1320. The molecule has 0 heterocycles. The first-order chi connectivity index (χ1) is 15.6. The third-order valence-electron chi connectivity index (χ3n) is 5.08. The van der Waals surface area contributed by atoms with Crippen molar-refractivity contribution in [2.75, 3.05) is 0 Å². The summed E-state index contributed by atoms with van der Waals surface area (Å²) in [7, 11) is 0. The highest BCUT2D eigenvalue weighted by molar-refractivity contribution is 5.71. The average molecular weight is 458 g/mol. The highest BCUT2D eigenvalue weighted by Gasteiger charge is 2.38. The second-order valence-corrected chi connectivity index (χ2v) is 7.45. The van der Waals surface area contributed by atoms with E-state index in [-0.39, 0.29) is 11.1 Å². The number of aryl methyl sites for hydroxylation is 1. The molecular weight excluding hydrogens is 442 g/mol. The van der Waals surface area contributed by atoms with Crippen LogP contribution in [0.4, 0.5) is 26.3 Å². The molecule has 0 atom stereocenters. The summed E-state index contributed by atoms with van der Waals surface area (Å²) in [5, 5.41) is 0. The molecule has 0 aliphatic rings. The Kier molecular flexibility index (Phi) is 5.89. The molecule has 0 bridgehead atoms. The van der Waals surface area contributed by atoms with Gasteiger partial charge in [0.05, 0.1) is 5.56 Å². The van der Waals surface area contributed by atoms with E-state index in [9.17, 15) is 26.3 Å². The Hall–Kier alpha value is -3.74. The summed E-state index contributed by atoms with van der Waals surface area (Å²) in [4.78, 5) is 0. The Morgan fingerprint density at radius 1 is 0.576 bits per heavy atom. The van der Waals surface area contributed by atoms with E-state index in [1.54, 1.807) is 6.07 Å². The molecule has 0 aliphatic heterocycles. The van der Waals surface area contributed by atoms with Gasteiger partial charge >= 0.3 is 6.11 Å². The zero-order valence-electron chi connectivity index (χ0n) is 17.2. The standard InChI is InChI=1S/C26H16F6O/c1-15-2-4-16(5-3-15)17-6-9-20(23(28)12-17)18-7-10-21(24(29)13-18)26(31,32)33-19-8-11-22(27)25(30)14-19/h2-14H,1H3. The van der Waals surface area contributed by atoms with Crippen LogP contribution in [0.2, 0.25) is 0 Å². The molecule has 1 nitrogen and oxygen atoms in total. The van der Waals surface area contributed by atoms with E-state index in [0.717, 1.165) is 35.4 Å².